The number of hydrogen-bond acceptors (Lipinski definition) is 1. The lowest BCUT2D eigenvalue weighted by molar-refractivity contribution is 1.19. The summed E-state index contributed by atoms with van der Waals surface area (Å²) >= 11 is 0. The highest BCUT2D eigenvalue weighted by Crippen LogP contribution is 2.39. The molecule has 0 fully saturated rings. The van der Waals surface area contributed by atoms with E-state index in [2.05, 4.69) is 182 Å². The Morgan fingerprint density at radius 3 is 1.13 bits per heavy atom. The number of fused-ring (bicyclic) bond motifs is 15. The van der Waals surface area contributed by atoms with Crippen LogP contribution in [0.1, 0.15) is 0 Å². The Morgan fingerprint density at radius 1 is 0.291 bits per heavy atom. The number of nitrogens with zero attached hydrogens (tertiary/aromatic N) is 2. The first-order valence-electron chi connectivity index (χ1n) is 18.6. The Labute approximate surface area is 311 Å². The Hall–Kier alpha value is -7.57. The summed E-state index contributed by atoms with van der Waals surface area (Å²) in [5.74, 6) is 0. The number of hydrogen-bond donors (Lipinski definition) is 3. The maximum atomic E-state index is 14.0. The van der Waals surface area contributed by atoms with Crippen LogP contribution >= 0.6 is 0 Å². The molecule has 5 heterocycles. The predicted octanol–water partition coefficient (Wildman–Crippen LogP) is 12.1. The van der Waals surface area contributed by atoms with Gasteiger partial charge in [0.1, 0.15) is 0 Å². The van der Waals surface area contributed by atoms with Gasteiger partial charge in [-0.05, 0) is 90.3 Å². The van der Waals surface area contributed by atoms with Crippen LogP contribution in [-0.2, 0) is 0 Å². The van der Waals surface area contributed by atoms with Gasteiger partial charge in [0.15, 0.2) is 0 Å². The van der Waals surface area contributed by atoms with E-state index < -0.39 is 0 Å². The summed E-state index contributed by atoms with van der Waals surface area (Å²) in [4.78, 5) is 24.6. The van der Waals surface area contributed by atoms with Crippen molar-refractivity contribution in [2.24, 2.45) is 0 Å². The Bertz CT molecular complexity index is 3760. The van der Waals surface area contributed by atoms with Crippen molar-refractivity contribution < 1.29 is 0 Å². The monoisotopic (exact) mass is 703 g/mol. The van der Waals surface area contributed by atoms with E-state index in [1.807, 2.05) is 0 Å². The second-order valence-corrected chi connectivity index (χ2v) is 14.8. The highest BCUT2D eigenvalue weighted by atomic mass is 16.1. The van der Waals surface area contributed by atoms with Gasteiger partial charge < -0.3 is 24.1 Å². The fourth-order valence-corrected chi connectivity index (χ4v) is 9.48. The number of rotatable bonds is 2. The van der Waals surface area contributed by atoms with Crippen LogP contribution in [-0.4, -0.2) is 24.1 Å². The minimum atomic E-state index is -0.0949. The van der Waals surface area contributed by atoms with Crippen LogP contribution in [0, 0.1) is 0 Å². The third-order valence-electron chi connectivity index (χ3n) is 11.9. The normalized spacial score (nSPS) is 12.4. The summed E-state index contributed by atoms with van der Waals surface area (Å²) in [6.45, 7) is 0. The second kappa shape index (κ2) is 10.3. The molecule has 0 bridgehead atoms. The molecule has 0 saturated heterocycles. The van der Waals surface area contributed by atoms with Crippen LogP contribution in [0.5, 0.6) is 0 Å². The number of benzene rings is 8. The summed E-state index contributed by atoms with van der Waals surface area (Å²) in [6.07, 6.45) is 0. The average Bonchev–Trinajstić information content (AvgIpc) is 3.96. The van der Waals surface area contributed by atoms with E-state index in [1.165, 1.54) is 43.6 Å². The van der Waals surface area contributed by atoms with Crippen LogP contribution in [0.4, 0.5) is 0 Å². The molecular formula is C49H29N5O. The highest BCUT2D eigenvalue weighted by Gasteiger charge is 2.17. The zero-order valence-corrected chi connectivity index (χ0v) is 29.3. The predicted molar refractivity (Wildman–Crippen MR) is 229 cm³/mol. The first-order chi connectivity index (χ1) is 27.2. The molecule has 6 nitrogen and oxygen atoms in total. The van der Waals surface area contributed by atoms with E-state index in [1.54, 1.807) is 0 Å². The van der Waals surface area contributed by atoms with Crippen molar-refractivity contribution in [3.8, 4) is 11.4 Å². The van der Waals surface area contributed by atoms with Gasteiger partial charge in [0.2, 0.25) is 0 Å². The SMILES string of the molecule is O=c1[nH]c2cc3c(cc2c2cc4[nH]c5ccc(-n6c7ccccc7c7ccccc76)cc5c4cc12)[nH]c1ccc(-n2c4ccccc4c4ccccc42)cc13. The molecule has 0 spiro atoms. The van der Waals surface area contributed by atoms with E-state index >= 15 is 0 Å². The van der Waals surface area contributed by atoms with E-state index in [0.717, 1.165) is 71.3 Å². The van der Waals surface area contributed by atoms with Crippen molar-refractivity contribution >= 4 is 109 Å². The molecule has 256 valence electrons. The number of pyridine rings is 1. The summed E-state index contributed by atoms with van der Waals surface area (Å²) in [7, 11) is 0. The van der Waals surface area contributed by atoms with Gasteiger partial charge >= 0.3 is 0 Å². The number of aromatic nitrogens is 5. The highest BCUT2D eigenvalue weighted by molar-refractivity contribution is 6.20. The molecule has 3 N–H and O–H groups in total. The smallest absolute Gasteiger partial charge is 0.256 e. The van der Waals surface area contributed by atoms with Crippen LogP contribution < -0.4 is 5.56 Å². The fourth-order valence-electron chi connectivity index (χ4n) is 9.48. The maximum absolute atomic E-state index is 14.0. The van der Waals surface area contributed by atoms with Gasteiger partial charge in [-0.15, -0.1) is 0 Å². The molecule has 8 aromatic carbocycles. The largest absolute Gasteiger partial charge is 0.354 e. The summed E-state index contributed by atoms with van der Waals surface area (Å²) in [6, 6.07) is 56.0. The minimum Gasteiger partial charge on any atom is -0.354 e. The van der Waals surface area contributed by atoms with Gasteiger partial charge in [-0.25, -0.2) is 0 Å². The van der Waals surface area contributed by atoms with Gasteiger partial charge in [0, 0.05) is 92.8 Å². The topological polar surface area (TPSA) is 74.3 Å². The van der Waals surface area contributed by atoms with Crippen LogP contribution in [0.3, 0.4) is 0 Å². The van der Waals surface area contributed by atoms with Crippen LogP contribution in [0.25, 0.3) is 120 Å². The average molecular weight is 704 g/mol. The molecule has 0 saturated carbocycles. The molecule has 0 amide bonds. The van der Waals surface area contributed by atoms with Gasteiger partial charge in [-0.1, -0.05) is 72.8 Å². The molecule has 13 aromatic rings. The zero-order valence-electron chi connectivity index (χ0n) is 29.3. The van der Waals surface area contributed by atoms with E-state index in [9.17, 15) is 4.79 Å². The molecule has 55 heavy (non-hydrogen) atoms. The quantitative estimate of drug-likeness (QED) is 0.154. The van der Waals surface area contributed by atoms with Crippen molar-refractivity contribution in [2.75, 3.05) is 0 Å². The van der Waals surface area contributed by atoms with Crippen molar-refractivity contribution in [3.63, 3.8) is 0 Å². The standard InChI is InChI=1S/C49H29N5O/c55-49-39-23-36-34-21-27(53-45-13-5-1-9-29(45)30-10-2-6-14-46(30)53)17-19-40(34)50-42(36)24-33(39)37-25-43-38(26-44(37)52-49)35-22-28(18-20-41(35)51-43)54-47-15-7-3-11-31(47)32-12-4-8-16-48(32)54/h1-26,50-51H,(H,52,55). The summed E-state index contributed by atoms with van der Waals surface area (Å²) in [5.41, 5.74) is 11.7. The Balaban J connectivity index is 1.00. The zero-order chi connectivity index (χ0) is 35.9. The molecule has 0 radical (unpaired) electrons. The number of H-pyrrole nitrogens is 3. The van der Waals surface area contributed by atoms with Gasteiger partial charge in [-0.3, -0.25) is 4.79 Å². The third kappa shape index (κ3) is 3.84. The molecule has 0 aliphatic heterocycles. The first-order valence-corrected chi connectivity index (χ1v) is 18.6. The molecule has 5 aromatic heterocycles. The van der Waals surface area contributed by atoms with Crippen molar-refractivity contribution in [1.82, 2.24) is 24.1 Å². The molecule has 0 aliphatic rings. The fraction of sp³-hybridized carbons (Fsp3) is 0. The molecule has 0 atom stereocenters. The van der Waals surface area contributed by atoms with Gasteiger partial charge in [0.05, 0.1) is 22.1 Å². The van der Waals surface area contributed by atoms with Crippen molar-refractivity contribution in [2.45, 2.75) is 0 Å². The molecular weight excluding hydrogens is 675 g/mol. The van der Waals surface area contributed by atoms with Crippen LogP contribution in [0.15, 0.2) is 163 Å². The number of para-hydroxylation sites is 4. The molecule has 0 aliphatic carbocycles. The van der Waals surface area contributed by atoms with Crippen molar-refractivity contribution in [3.05, 3.63) is 168 Å². The summed E-state index contributed by atoms with van der Waals surface area (Å²) in [5, 5.41) is 11.8. The maximum Gasteiger partial charge on any atom is 0.256 e. The van der Waals surface area contributed by atoms with Gasteiger partial charge in [-0.2, -0.15) is 0 Å². The minimum absolute atomic E-state index is 0.0949. The molecule has 0 unspecified atom stereocenters. The Kier molecular flexibility index (Phi) is 5.42. The number of aromatic amines is 3. The van der Waals surface area contributed by atoms with E-state index in [0.29, 0.717) is 5.39 Å². The lowest BCUT2D eigenvalue weighted by Gasteiger charge is -2.09. The first kappa shape index (κ1) is 28.9. The van der Waals surface area contributed by atoms with Gasteiger partial charge in [0.25, 0.3) is 5.56 Å². The summed E-state index contributed by atoms with van der Waals surface area (Å²) < 4.78 is 4.68. The molecule has 13 rings (SSSR count). The Morgan fingerprint density at radius 2 is 0.655 bits per heavy atom. The van der Waals surface area contributed by atoms with Crippen LogP contribution in [0.2, 0.25) is 0 Å². The molecule has 6 heteroatoms. The second-order valence-electron chi connectivity index (χ2n) is 14.8. The third-order valence-corrected chi connectivity index (χ3v) is 11.9. The van der Waals surface area contributed by atoms with Crippen molar-refractivity contribution in [1.29, 1.82) is 0 Å². The van der Waals surface area contributed by atoms with E-state index in [-0.39, 0.29) is 5.56 Å². The van der Waals surface area contributed by atoms with E-state index in [4.69, 9.17) is 0 Å². The lowest BCUT2D eigenvalue weighted by Crippen LogP contribution is -2.06. The lowest BCUT2D eigenvalue weighted by atomic mass is 10.0. The number of nitrogens with one attached hydrogen (secondary N) is 3.